The van der Waals surface area contributed by atoms with Gasteiger partial charge in [0.25, 0.3) is 0 Å². The lowest BCUT2D eigenvalue weighted by Gasteiger charge is -2.17. The van der Waals surface area contributed by atoms with Gasteiger partial charge in [0.05, 0.1) is 7.11 Å². The Bertz CT molecular complexity index is 744. The van der Waals surface area contributed by atoms with Crippen LogP contribution in [0.25, 0.3) is 0 Å². The molecule has 1 fully saturated rings. The van der Waals surface area contributed by atoms with Crippen LogP contribution in [0.3, 0.4) is 0 Å². The average molecular weight is 322 g/mol. The SMILES string of the molecule is COc1cc(F)c(C2CC(=O)N(c3ncccc3F)C2)c(F)c1. The van der Waals surface area contributed by atoms with Crippen LogP contribution in [-0.4, -0.2) is 24.5 Å². The van der Waals surface area contributed by atoms with Gasteiger partial charge in [0.1, 0.15) is 17.4 Å². The van der Waals surface area contributed by atoms with Crippen molar-refractivity contribution in [1.82, 2.24) is 4.98 Å². The molecule has 1 atom stereocenters. The number of methoxy groups -OCH3 is 1. The number of benzene rings is 1. The molecule has 1 saturated heterocycles. The van der Waals surface area contributed by atoms with E-state index in [4.69, 9.17) is 4.74 Å². The monoisotopic (exact) mass is 322 g/mol. The molecule has 1 amide bonds. The Balaban J connectivity index is 1.93. The maximum absolute atomic E-state index is 14.1. The number of anilines is 1. The smallest absolute Gasteiger partial charge is 0.228 e. The van der Waals surface area contributed by atoms with Crippen molar-refractivity contribution in [3.8, 4) is 5.75 Å². The van der Waals surface area contributed by atoms with Gasteiger partial charge in [0.2, 0.25) is 5.91 Å². The summed E-state index contributed by atoms with van der Waals surface area (Å²) in [4.78, 5) is 17.1. The predicted molar refractivity (Wildman–Crippen MR) is 76.8 cm³/mol. The van der Waals surface area contributed by atoms with Crippen LogP contribution in [0.2, 0.25) is 0 Å². The zero-order valence-corrected chi connectivity index (χ0v) is 12.2. The van der Waals surface area contributed by atoms with Crippen molar-refractivity contribution in [1.29, 1.82) is 0 Å². The van der Waals surface area contributed by atoms with E-state index < -0.39 is 29.3 Å². The zero-order chi connectivity index (χ0) is 16.6. The molecule has 3 rings (SSSR count). The Labute approximate surface area is 130 Å². The van der Waals surface area contributed by atoms with Crippen LogP contribution < -0.4 is 9.64 Å². The van der Waals surface area contributed by atoms with Crippen molar-refractivity contribution in [2.75, 3.05) is 18.6 Å². The summed E-state index contributed by atoms with van der Waals surface area (Å²) in [6.07, 6.45) is 1.24. The third-order valence-corrected chi connectivity index (χ3v) is 3.82. The summed E-state index contributed by atoms with van der Waals surface area (Å²) < 4.78 is 46.9. The van der Waals surface area contributed by atoms with E-state index in [-0.39, 0.29) is 30.1 Å². The lowest BCUT2D eigenvalue weighted by atomic mass is 9.97. The van der Waals surface area contributed by atoms with Crippen LogP contribution in [0.1, 0.15) is 17.9 Å². The van der Waals surface area contributed by atoms with Crippen LogP contribution in [0.15, 0.2) is 30.5 Å². The normalized spacial score (nSPS) is 17.7. The summed E-state index contributed by atoms with van der Waals surface area (Å²) >= 11 is 0. The topological polar surface area (TPSA) is 42.4 Å². The van der Waals surface area contributed by atoms with Gasteiger partial charge in [-0.05, 0) is 12.1 Å². The van der Waals surface area contributed by atoms with Gasteiger partial charge >= 0.3 is 0 Å². The largest absolute Gasteiger partial charge is 0.497 e. The Morgan fingerprint density at radius 1 is 1.22 bits per heavy atom. The molecule has 7 heteroatoms. The van der Waals surface area contributed by atoms with E-state index in [0.717, 1.165) is 17.0 Å². The van der Waals surface area contributed by atoms with Crippen molar-refractivity contribution in [2.45, 2.75) is 12.3 Å². The molecule has 1 aliphatic heterocycles. The zero-order valence-electron chi connectivity index (χ0n) is 12.2. The summed E-state index contributed by atoms with van der Waals surface area (Å²) in [5.41, 5.74) is -0.196. The van der Waals surface area contributed by atoms with Gasteiger partial charge in [-0.15, -0.1) is 0 Å². The lowest BCUT2D eigenvalue weighted by Crippen LogP contribution is -2.26. The molecule has 1 aliphatic rings. The van der Waals surface area contributed by atoms with Gasteiger partial charge in [-0.25, -0.2) is 18.2 Å². The molecule has 0 aliphatic carbocycles. The highest BCUT2D eigenvalue weighted by Crippen LogP contribution is 2.35. The van der Waals surface area contributed by atoms with Crippen LogP contribution >= 0.6 is 0 Å². The number of pyridine rings is 1. The van der Waals surface area contributed by atoms with E-state index >= 15 is 0 Å². The number of halogens is 3. The lowest BCUT2D eigenvalue weighted by molar-refractivity contribution is -0.117. The first kappa shape index (κ1) is 15.3. The molecule has 0 bridgehead atoms. The van der Waals surface area contributed by atoms with Gasteiger partial charge in [0.15, 0.2) is 11.6 Å². The van der Waals surface area contributed by atoms with Gasteiger partial charge in [-0.1, -0.05) is 0 Å². The van der Waals surface area contributed by atoms with E-state index in [1.165, 1.54) is 25.4 Å². The number of hydrogen-bond donors (Lipinski definition) is 0. The number of rotatable bonds is 3. The third-order valence-electron chi connectivity index (χ3n) is 3.82. The van der Waals surface area contributed by atoms with Crippen molar-refractivity contribution in [2.24, 2.45) is 0 Å². The first-order valence-corrected chi connectivity index (χ1v) is 6.95. The van der Waals surface area contributed by atoms with Gasteiger partial charge in [-0.2, -0.15) is 0 Å². The van der Waals surface area contributed by atoms with Gasteiger partial charge < -0.3 is 4.74 Å². The Morgan fingerprint density at radius 3 is 2.52 bits per heavy atom. The fourth-order valence-corrected chi connectivity index (χ4v) is 2.75. The third kappa shape index (κ3) is 2.74. The number of carbonyl (C=O) groups is 1. The maximum Gasteiger partial charge on any atom is 0.228 e. The van der Waals surface area contributed by atoms with Crippen molar-refractivity contribution in [3.63, 3.8) is 0 Å². The minimum atomic E-state index is -0.789. The Hall–Kier alpha value is -2.57. The van der Waals surface area contributed by atoms with E-state index in [2.05, 4.69) is 4.98 Å². The van der Waals surface area contributed by atoms with Crippen molar-refractivity contribution in [3.05, 3.63) is 53.5 Å². The number of aromatic nitrogens is 1. The molecule has 0 saturated carbocycles. The Morgan fingerprint density at radius 2 is 1.91 bits per heavy atom. The van der Waals surface area contributed by atoms with E-state index in [9.17, 15) is 18.0 Å². The fourth-order valence-electron chi connectivity index (χ4n) is 2.75. The summed E-state index contributed by atoms with van der Waals surface area (Å²) in [6, 6.07) is 4.71. The summed E-state index contributed by atoms with van der Waals surface area (Å²) in [6.45, 7) is -0.0348. The molecule has 1 unspecified atom stereocenters. The first-order chi connectivity index (χ1) is 11.0. The number of carbonyl (C=O) groups excluding carboxylic acids is 1. The molecular formula is C16H13F3N2O2. The molecule has 1 aromatic heterocycles. The highest BCUT2D eigenvalue weighted by molar-refractivity contribution is 5.95. The highest BCUT2D eigenvalue weighted by Gasteiger charge is 2.36. The predicted octanol–water partition coefficient (Wildman–Crippen LogP) is 3.03. The Kier molecular flexibility index (Phi) is 3.94. The van der Waals surface area contributed by atoms with Gasteiger partial charge in [-0.3, -0.25) is 9.69 Å². The number of nitrogens with zero attached hydrogens (tertiary/aromatic N) is 2. The van der Waals surface area contributed by atoms with Crippen LogP contribution in [0, 0.1) is 17.5 Å². The van der Waals surface area contributed by atoms with Gasteiger partial charge in [0, 0.05) is 42.8 Å². The molecule has 1 aromatic carbocycles. The summed E-state index contributed by atoms with van der Waals surface area (Å²) in [5, 5.41) is 0. The number of hydrogen-bond acceptors (Lipinski definition) is 3. The maximum atomic E-state index is 14.1. The molecule has 2 heterocycles. The quantitative estimate of drug-likeness (QED) is 0.872. The van der Waals surface area contributed by atoms with Crippen LogP contribution in [0.4, 0.5) is 19.0 Å². The first-order valence-electron chi connectivity index (χ1n) is 6.95. The fraction of sp³-hybridized carbons (Fsp3) is 0.250. The number of amides is 1. The van der Waals surface area contributed by atoms with E-state index in [1.807, 2.05) is 0 Å². The molecule has 23 heavy (non-hydrogen) atoms. The molecule has 0 spiro atoms. The van der Waals surface area contributed by atoms with Crippen LogP contribution in [0.5, 0.6) is 5.75 Å². The number of ether oxygens (including phenoxy) is 1. The molecular weight excluding hydrogens is 309 g/mol. The minimum absolute atomic E-state index is 0.0348. The van der Waals surface area contributed by atoms with Crippen LogP contribution in [-0.2, 0) is 4.79 Å². The molecule has 4 nitrogen and oxygen atoms in total. The average Bonchev–Trinajstić information content (AvgIpc) is 2.88. The van der Waals surface area contributed by atoms with E-state index in [1.54, 1.807) is 0 Å². The summed E-state index contributed by atoms with van der Waals surface area (Å²) in [5.74, 6) is -3.45. The minimum Gasteiger partial charge on any atom is -0.497 e. The standard InChI is InChI=1S/C16H13F3N2O2/c1-23-10-6-12(18)15(13(19)7-10)9-5-14(22)21(8-9)16-11(17)3-2-4-20-16/h2-4,6-7,9H,5,8H2,1H3. The molecule has 0 N–H and O–H groups in total. The van der Waals surface area contributed by atoms with E-state index in [0.29, 0.717) is 0 Å². The molecule has 2 aromatic rings. The van der Waals surface area contributed by atoms with Crippen molar-refractivity contribution >= 4 is 11.7 Å². The second-order valence-electron chi connectivity index (χ2n) is 5.22. The van der Waals surface area contributed by atoms with Crippen molar-refractivity contribution < 1.29 is 22.7 Å². The molecule has 0 radical (unpaired) electrons. The summed E-state index contributed by atoms with van der Waals surface area (Å²) in [7, 11) is 1.30. The second-order valence-corrected chi connectivity index (χ2v) is 5.22. The highest BCUT2D eigenvalue weighted by atomic mass is 19.1. The second kappa shape index (κ2) is 5.91. The molecule has 120 valence electrons.